The minimum Gasteiger partial charge on any atom is -0.356 e. The lowest BCUT2D eigenvalue weighted by molar-refractivity contribution is -0.120. The lowest BCUT2D eigenvalue weighted by atomic mass is 10.2. The molecule has 0 bridgehead atoms. The van der Waals surface area contributed by atoms with Crippen LogP contribution in [-0.2, 0) is 17.8 Å². The smallest absolute Gasteiger partial charge is 0.219 e. The van der Waals surface area contributed by atoms with Crippen molar-refractivity contribution >= 4 is 16.9 Å². The van der Waals surface area contributed by atoms with E-state index in [0.717, 1.165) is 37.3 Å². The van der Waals surface area contributed by atoms with E-state index < -0.39 is 0 Å². The van der Waals surface area contributed by atoms with E-state index in [2.05, 4.69) is 41.9 Å². The number of aryl methyl sites for hydroxylation is 1. The molecule has 0 spiro atoms. The minimum atomic E-state index is 0.116. The molecule has 0 saturated carbocycles. The fourth-order valence-electron chi connectivity index (χ4n) is 2.48. The van der Waals surface area contributed by atoms with Crippen LogP contribution in [0.15, 0.2) is 24.3 Å². The quantitative estimate of drug-likeness (QED) is 0.795. The van der Waals surface area contributed by atoms with E-state index in [1.165, 1.54) is 5.52 Å². The van der Waals surface area contributed by atoms with Gasteiger partial charge in [0.15, 0.2) is 0 Å². The zero-order valence-electron chi connectivity index (χ0n) is 13.2. The molecule has 0 radical (unpaired) electrons. The van der Waals surface area contributed by atoms with Crippen LogP contribution < -0.4 is 5.32 Å². The average molecular weight is 287 g/mol. The molecule has 1 aromatic heterocycles. The van der Waals surface area contributed by atoms with Crippen molar-refractivity contribution in [1.82, 2.24) is 14.9 Å². The van der Waals surface area contributed by atoms with Crippen LogP contribution in [0.5, 0.6) is 0 Å². The fourth-order valence-corrected chi connectivity index (χ4v) is 2.48. The minimum absolute atomic E-state index is 0.116. The Labute approximate surface area is 126 Å². The van der Waals surface area contributed by atoms with Crippen LogP contribution in [0.3, 0.4) is 0 Å². The second-order valence-electron chi connectivity index (χ2n) is 5.83. The molecule has 1 amide bonds. The molecule has 1 aromatic carbocycles. The summed E-state index contributed by atoms with van der Waals surface area (Å²) in [5, 5.41) is 2.92. The van der Waals surface area contributed by atoms with E-state index in [4.69, 9.17) is 4.98 Å². The van der Waals surface area contributed by atoms with Crippen molar-refractivity contribution in [2.24, 2.45) is 5.92 Å². The highest BCUT2D eigenvalue weighted by Crippen LogP contribution is 2.18. The van der Waals surface area contributed by atoms with Gasteiger partial charge >= 0.3 is 0 Å². The van der Waals surface area contributed by atoms with Gasteiger partial charge in [-0.3, -0.25) is 4.79 Å². The molecule has 2 rings (SSSR count). The van der Waals surface area contributed by atoms with Gasteiger partial charge in [0.05, 0.1) is 11.0 Å². The van der Waals surface area contributed by atoms with E-state index in [9.17, 15) is 4.79 Å². The maximum Gasteiger partial charge on any atom is 0.219 e. The van der Waals surface area contributed by atoms with Crippen molar-refractivity contribution < 1.29 is 4.79 Å². The molecule has 0 unspecified atom stereocenters. The number of hydrogen-bond acceptors (Lipinski definition) is 2. The number of carbonyl (C=O) groups is 1. The van der Waals surface area contributed by atoms with Gasteiger partial charge in [0, 0.05) is 25.9 Å². The number of nitrogens with one attached hydrogen (secondary N) is 1. The first-order valence-electron chi connectivity index (χ1n) is 7.82. The van der Waals surface area contributed by atoms with Crippen molar-refractivity contribution in [1.29, 1.82) is 0 Å². The average Bonchev–Trinajstić information content (AvgIpc) is 2.81. The van der Waals surface area contributed by atoms with Crippen molar-refractivity contribution in [3.63, 3.8) is 0 Å². The summed E-state index contributed by atoms with van der Waals surface area (Å²) in [5.41, 5.74) is 2.27. The first-order valence-corrected chi connectivity index (χ1v) is 7.82. The normalized spacial score (nSPS) is 11.2. The van der Waals surface area contributed by atoms with Crippen LogP contribution in [0.25, 0.3) is 11.0 Å². The predicted octanol–water partition coefficient (Wildman–Crippen LogP) is 3.15. The van der Waals surface area contributed by atoms with E-state index in [-0.39, 0.29) is 5.91 Å². The summed E-state index contributed by atoms with van der Waals surface area (Å²) in [5.74, 6) is 1.82. The van der Waals surface area contributed by atoms with Gasteiger partial charge in [-0.1, -0.05) is 32.9 Å². The summed E-state index contributed by atoms with van der Waals surface area (Å²) in [6, 6.07) is 8.29. The zero-order valence-corrected chi connectivity index (χ0v) is 13.2. The third-order valence-corrected chi connectivity index (χ3v) is 3.50. The number of para-hydroxylation sites is 2. The van der Waals surface area contributed by atoms with Gasteiger partial charge in [0.25, 0.3) is 0 Å². The first-order chi connectivity index (χ1) is 10.1. The summed E-state index contributed by atoms with van der Waals surface area (Å²) in [4.78, 5) is 16.0. The summed E-state index contributed by atoms with van der Waals surface area (Å²) < 4.78 is 2.32. The van der Waals surface area contributed by atoms with Gasteiger partial charge in [-0.25, -0.2) is 4.98 Å². The summed E-state index contributed by atoms with van der Waals surface area (Å²) in [6.45, 7) is 8.02. The van der Waals surface area contributed by atoms with Crippen LogP contribution in [0.2, 0.25) is 0 Å². The van der Waals surface area contributed by atoms with Crippen LogP contribution >= 0.6 is 0 Å². The number of rotatable bonds is 7. The number of aromatic nitrogens is 2. The van der Waals surface area contributed by atoms with Crippen molar-refractivity contribution in [2.75, 3.05) is 6.54 Å². The molecule has 114 valence electrons. The molecule has 1 heterocycles. The largest absolute Gasteiger partial charge is 0.356 e. The number of nitrogens with zero attached hydrogens (tertiary/aromatic N) is 2. The van der Waals surface area contributed by atoms with Gasteiger partial charge in [-0.05, 0) is 24.5 Å². The van der Waals surface area contributed by atoms with E-state index >= 15 is 0 Å². The molecule has 0 aliphatic rings. The Morgan fingerprint density at radius 1 is 1.33 bits per heavy atom. The van der Waals surface area contributed by atoms with Crippen LogP contribution in [0.1, 0.15) is 39.4 Å². The molecule has 0 aliphatic heterocycles. The molecule has 0 atom stereocenters. The van der Waals surface area contributed by atoms with Crippen molar-refractivity contribution in [3.05, 3.63) is 30.1 Å². The molecule has 0 aliphatic carbocycles. The lowest BCUT2D eigenvalue weighted by Crippen LogP contribution is -2.23. The van der Waals surface area contributed by atoms with Gasteiger partial charge < -0.3 is 9.88 Å². The Kier molecular flexibility index (Phi) is 5.37. The molecule has 21 heavy (non-hydrogen) atoms. The number of imidazole rings is 1. The maximum atomic E-state index is 11.2. The second-order valence-corrected chi connectivity index (χ2v) is 5.83. The third-order valence-electron chi connectivity index (χ3n) is 3.50. The van der Waals surface area contributed by atoms with E-state index in [0.29, 0.717) is 12.3 Å². The predicted molar refractivity (Wildman–Crippen MR) is 86.2 cm³/mol. The number of hydrogen-bond donors (Lipinski definition) is 1. The van der Waals surface area contributed by atoms with E-state index in [1.807, 2.05) is 13.0 Å². The Bertz CT molecular complexity index is 601. The van der Waals surface area contributed by atoms with Gasteiger partial charge in [-0.2, -0.15) is 0 Å². The first kappa shape index (κ1) is 15.5. The number of amides is 1. The van der Waals surface area contributed by atoms with Crippen LogP contribution in [0, 0.1) is 5.92 Å². The highest BCUT2D eigenvalue weighted by molar-refractivity contribution is 5.76. The molecule has 4 nitrogen and oxygen atoms in total. The Balaban J connectivity index is 2.09. The molecular formula is C17H25N3O. The summed E-state index contributed by atoms with van der Waals surface area (Å²) in [6.07, 6.45) is 2.37. The summed E-state index contributed by atoms with van der Waals surface area (Å²) in [7, 11) is 0. The topological polar surface area (TPSA) is 46.9 Å². The van der Waals surface area contributed by atoms with Gasteiger partial charge in [0.2, 0.25) is 5.91 Å². The zero-order chi connectivity index (χ0) is 15.2. The van der Waals surface area contributed by atoms with E-state index in [1.54, 1.807) is 0 Å². The van der Waals surface area contributed by atoms with Crippen LogP contribution in [-0.4, -0.2) is 22.0 Å². The Hall–Kier alpha value is -1.84. The maximum absolute atomic E-state index is 11.2. The molecule has 2 aromatic rings. The van der Waals surface area contributed by atoms with Gasteiger partial charge in [0.1, 0.15) is 5.82 Å². The number of fused-ring (bicyclic) bond motifs is 1. The Morgan fingerprint density at radius 2 is 2.10 bits per heavy atom. The van der Waals surface area contributed by atoms with Crippen molar-refractivity contribution in [3.8, 4) is 0 Å². The highest BCUT2D eigenvalue weighted by Gasteiger charge is 2.11. The number of carbonyl (C=O) groups excluding carboxylic acids is 1. The molecule has 1 N–H and O–H groups in total. The SMILES string of the molecule is CCC(=O)NCCCc1nc2ccccc2n1CC(C)C. The van der Waals surface area contributed by atoms with Crippen LogP contribution in [0.4, 0.5) is 0 Å². The standard InChI is InChI=1S/C17H25N3O/c1-4-17(21)18-11-7-10-16-19-14-8-5-6-9-15(14)20(16)12-13(2)3/h5-6,8-9,13H,4,7,10-12H2,1-3H3,(H,18,21). The molecular weight excluding hydrogens is 262 g/mol. The third kappa shape index (κ3) is 4.06. The van der Waals surface area contributed by atoms with Crippen molar-refractivity contribution in [2.45, 2.75) is 46.6 Å². The number of benzene rings is 1. The van der Waals surface area contributed by atoms with Gasteiger partial charge in [-0.15, -0.1) is 0 Å². The Morgan fingerprint density at radius 3 is 2.81 bits per heavy atom. The second kappa shape index (κ2) is 7.25. The molecule has 0 saturated heterocycles. The lowest BCUT2D eigenvalue weighted by Gasteiger charge is -2.12. The molecule has 0 fully saturated rings. The fraction of sp³-hybridized carbons (Fsp3) is 0.529. The molecule has 4 heteroatoms. The highest BCUT2D eigenvalue weighted by atomic mass is 16.1. The summed E-state index contributed by atoms with van der Waals surface area (Å²) >= 11 is 0. The monoisotopic (exact) mass is 287 g/mol.